The summed E-state index contributed by atoms with van der Waals surface area (Å²) in [5, 5.41) is 11.1. The molecule has 0 aromatic heterocycles. The van der Waals surface area contributed by atoms with Gasteiger partial charge in [-0.25, -0.2) is 0 Å². The number of benzene rings is 2. The van der Waals surface area contributed by atoms with Crippen molar-refractivity contribution in [3.05, 3.63) is 65.7 Å². The van der Waals surface area contributed by atoms with Crippen LogP contribution < -0.4 is 4.74 Å². The first-order valence-corrected chi connectivity index (χ1v) is 14.4. The van der Waals surface area contributed by atoms with E-state index in [1.165, 1.54) is 25.7 Å². The van der Waals surface area contributed by atoms with E-state index < -0.39 is 18.5 Å². The summed E-state index contributed by atoms with van der Waals surface area (Å²) in [6.45, 7) is 3.02. The van der Waals surface area contributed by atoms with E-state index in [0.29, 0.717) is 19.6 Å². The molecular formula is C33H46O5. The molecule has 0 spiro atoms. The number of hydrogen-bond acceptors (Lipinski definition) is 5. The number of rotatable bonds is 16. The molecular weight excluding hydrogens is 476 g/mol. The van der Waals surface area contributed by atoms with E-state index in [4.69, 9.17) is 18.9 Å². The summed E-state index contributed by atoms with van der Waals surface area (Å²) in [4.78, 5) is 0. The van der Waals surface area contributed by atoms with Crippen LogP contribution in [0, 0.1) is 11.8 Å². The number of methoxy groups -OCH3 is 1. The molecule has 1 aliphatic rings. The summed E-state index contributed by atoms with van der Waals surface area (Å²) < 4.78 is 23.8. The zero-order valence-electron chi connectivity index (χ0n) is 23.3. The molecule has 0 saturated carbocycles. The van der Waals surface area contributed by atoms with Crippen molar-refractivity contribution in [3.63, 3.8) is 0 Å². The van der Waals surface area contributed by atoms with Crippen molar-refractivity contribution in [1.29, 1.82) is 0 Å². The van der Waals surface area contributed by atoms with Crippen molar-refractivity contribution >= 4 is 0 Å². The molecule has 0 amide bonds. The first-order valence-electron chi connectivity index (χ1n) is 14.4. The topological polar surface area (TPSA) is 57.2 Å². The van der Waals surface area contributed by atoms with Crippen LogP contribution in [0.3, 0.4) is 0 Å². The molecule has 0 radical (unpaired) electrons. The zero-order chi connectivity index (χ0) is 26.8. The van der Waals surface area contributed by atoms with Gasteiger partial charge in [-0.2, -0.15) is 0 Å². The maximum absolute atomic E-state index is 11.1. The molecule has 38 heavy (non-hydrogen) atoms. The molecule has 5 heteroatoms. The number of aliphatic hydroxyl groups excluding tert-OH is 1. The second-order valence-corrected chi connectivity index (χ2v) is 10.1. The van der Waals surface area contributed by atoms with Gasteiger partial charge in [0, 0.05) is 18.4 Å². The average molecular weight is 523 g/mol. The van der Waals surface area contributed by atoms with Gasteiger partial charge in [-0.05, 0) is 37.0 Å². The highest BCUT2D eigenvalue weighted by atomic mass is 16.7. The summed E-state index contributed by atoms with van der Waals surface area (Å²) in [5.74, 6) is 7.44. The highest BCUT2D eigenvalue weighted by Gasteiger charge is 2.37. The van der Waals surface area contributed by atoms with Crippen molar-refractivity contribution in [2.45, 2.75) is 109 Å². The molecule has 208 valence electrons. The standard InChI is InChI=1S/C33H46O5/c1-3-4-5-6-7-8-9-10-11-12-13-17-20-30(34)32-31(36-25-27-21-23-29(35-2)24-22-27)26-37-33(38-32)28-18-15-14-16-19-28/h14-16,18-19,21-24,30-34H,3-7,10-13,17,20,25-26H2,1-2H3/t30-,31?,32?,33?/m1/s1. The number of aliphatic hydroxyl groups is 1. The highest BCUT2D eigenvalue weighted by Crippen LogP contribution is 2.31. The fourth-order valence-electron chi connectivity index (χ4n) is 4.64. The van der Waals surface area contributed by atoms with Gasteiger partial charge in [-0.3, -0.25) is 0 Å². The van der Waals surface area contributed by atoms with E-state index in [9.17, 15) is 5.11 Å². The van der Waals surface area contributed by atoms with Gasteiger partial charge in [-0.1, -0.05) is 87.9 Å². The summed E-state index contributed by atoms with van der Waals surface area (Å²) in [6, 6.07) is 17.7. The largest absolute Gasteiger partial charge is 0.497 e. The van der Waals surface area contributed by atoms with Crippen molar-refractivity contribution in [2.24, 2.45) is 0 Å². The van der Waals surface area contributed by atoms with Gasteiger partial charge in [0.1, 0.15) is 18.0 Å². The molecule has 0 aliphatic carbocycles. The van der Waals surface area contributed by atoms with Gasteiger partial charge in [0.25, 0.3) is 0 Å². The fraction of sp³-hybridized carbons (Fsp3) is 0.576. The van der Waals surface area contributed by atoms with Crippen LogP contribution in [0.25, 0.3) is 0 Å². The Labute approximate surface area is 229 Å². The number of hydrogen-bond donors (Lipinski definition) is 1. The lowest BCUT2D eigenvalue weighted by molar-refractivity contribution is -0.286. The molecule has 2 aromatic carbocycles. The Kier molecular flexibility index (Phi) is 14.3. The normalized spacial score (nSPS) is 19.9. The van der Waals surface area contributed by atoms with E-state index in [1.807, 2.05) is 54.6 Å². The van der Waals surface area contributed by atoms with Gasteiger partial charge in [0.15, 0.2) is 6.29 Å². The Balaban J connectivity index is 1.44. The number of ether oxygens (including phenoxy) is 4. The SMILES string of the molecule is CCCCCCC#CCCCCCC[C@@H](O)C1OC(c2ccccc2)OCC1OCc1ccc(OC)cc1. The third-order valence-corrected chi connectivity index (χ3v) is 6.97. The maximum Gasteiger partial charge on any atom is 0.184 e. The minimum absolute atomic E-state index is 0.348. The Bertz CT molecular complexity index is 933. The van der Waals surface area contributed by atoms with E-state index in [-0.39, 0.29) is 6.10 Å². The lowest BCUT2D eigenvalue weighted by Crippen LogP contribution is -2.48. The average Bonchev–Trinajstić information content (AvgIpc) is 2.97. The third kappa shape index (κ3) is 10.8. The predicted octanol–water partition coefficient (Wildman–Crippen LogP) is 7.37. The van der Waals surface area contributed by atoms with E-state index >= 15 is 0 Å². The number of unbranched alkanes of at least 4 members (excludes halogenated alkanes) is 8. The molecule has 3 unspecified atom stereocenters. The smallest absolute Gasteiger partial charge is 0.184 e. The van der Waals surface area contributed by atoms with Crippen molar-refractivity contribution in [3.8, 4) is 17.6 Å². The first-order chi connectivity index (χ1) is 18.7. The predicted molar refractivity (Wildman–Crippen MR) is 152 cm³/mol. The molecule has 1 N–H and O–H groups in total. The van der Waals surface area contributed by atoms with Gasteiger partial charge < -0.3 is 24.1 Å². The minimum atomic E-state index is -0.617. The summed E-state index contributed by atoms with van der Waals surface area (Å²) in [5.41, 5.74) is 1.98. The van der Waals surface area contributed by atoms with Gasteiger partial charge in [0.05, 0.1) is 26.4 Å². The second-order valence-electron chi connectivity index (χ2n) is 10.1. The molecule has 5 nitrogen and oxygen atoms in total. The van der Waals surface area contributed by atoms with Gasteiger partial charge in [0.2, 0.25) is 0 Å². The summed E-state index contributed by atoms with van der Waals surface area (Å²) in [7, 11) is 1.65. The van der Waals surface area contributed by atoms with Crippen molar-refractivity contribution in [2.75, 3.05) is 13.7 Å². The lowest BCUT2D eigenvalue weighted by Gasteiger charge is -2.39. The third-order valence-electron chi connectivity index (χ3n) is 6.97. The minimum Gasteiger partial charge on any atom is -0.497 e. The molecule has 1 fully saturated rings. The molecule has 3 rings (SSSR count). The Hall–Kier alpha value is -2.36. The molecule has 0 bridgehead atoms. The van der Waals surface area contributed by atoms with Crippen molar-refractivity contribution in [1.82, 2.24) is 0 Å². The maximum atomic E-state index is 11.1. The highest BCUT2D eigenvalue weighted by molar-refractivity contribution is 5.26. The van der Waals surface area contributed by atoms with Gasteiger partial charge in [-0.15, -0.1) is 11.8 Å². The van der Waals surface area contributed by atoms with E-state index in [2.05, 4.69) is 18.8 Å². The lowest BCUT2D eigenvalue weighted by atomic mass is 10.00. The van der Waals surface area contributed by atoms with Crippen LogP contribution in [0.4, 0.5) is 0 Å². The van der Waals surface area contributed by atoms with Crippen LogP contribution in [-0.4, -0.2) is 37.1 Å². The Morgan fingerprint density at radius 3 is 2.26 bits per heavy atom. The molecule has 1 saturated heterocycles. The Morgan fingerprint density at radius 2 is 1.58 bits per heavy atom. The van der Waals surface area contributed by atoms with Crippen LogP contribution in [0.2, 0.25) is 0 Å². The quantitative estimate of drug-likeness (QED) is 0.184. The van der Waals surface area contributed by atoms with Crippen LogP contribution in [-0.2, 0) is 20.8 Å². The zero-order valence-corrected chi connectivity index (χ0v) is 23.3. The van der Waals surface area contributed by atoms with Crippen LogP contribution in [0.5, 0.6) is 5.75 Å². The van der Waals surface area contributed by atoms with E-state index in [0.717, 1.165) is 55.4 Å². The van der Waals surface area contributed by atoms with Crippen LogP contribution in [0.15, 0.2) is 54.6 Å². The first kappa shape index (κ1) is 30.2. The Morgan fingerprint density at radius 1 is 0.895 bits per heavy atom. The van der Waals surface area contributed by atoms with Gasteiger partial charge >= 0.3 is 0 Å². The monoisotopic (exact) mass is 522 g/mol. The molecule has 4 atom stereocenters. The summed E-state index contributed by atoms with van der Waals surface area (Å²) >= 11 is 0. The van der Waals surface area contributed by atoms with E-state index in [1.54, 1.807) is 7.11 Å². The second kappa shape index (κ2) is 18.0. The summed E-state index contributed by atoms with van der Waals surface area (Å²) in [6.07, 6.45) is 10.2. The fourth-order valence-corrected chi connectivity index (χ4v) is 4.64. The molecule has 2 aromatic rings. The van der Waals surface area contributed by atoms with Crippen LogP contribution >= 0.6 is 0 Å². The molecule has 1 aliphatic heterocycles. The van der Waals surface area contributed by atoms with Crippen LogP contribution in [0.1, 0.15) is 95.0 Å². The molecule has 1 heterocycles. The van der Waals surface area contributed by atoms with Crippen molar-refractivity contribution < 1.29 is 24.1 Å².